The van der Waals surface area contributed by atoms with Gasteiger partial charge in [-0.2, -0.15) is 0 Å². The molecule has 2 aliphatic heterocycles. The Balaban J connectivity index is 1.36. The lowest BCUT2D eigenvalue weighted by Crippen LogP contribution is -2.65. The van der Waals surface area contributed by atoms with Gasteiger partial charge >= 0.3 is 0 Å². The minimum Gasteiger partial charge on any atom is -0.389 e. The SMILES string of the molecule is CO[C@H]1CC[C@@H](CN2C[C@H](OC[C@@H]3[C@@H](O)[C@H](O)[C@@H](O)CN3C[C@H]3CC[C@H](OC)CC3)[C@@H](O)[C@H](O)[C@H]2C)CC1. The van der Waals surface area contributed by atoms with Crippen LogP contribution >= 0.6 is 0 Å². The normalized spacial score (nSPS) is 45.8. The summed E-state index contributed by atoms with van der Waals surface area (Å²) in [7, 11) is 3.52. The molecule has 2 saturated heterocycles. The van der Waals surface area contributed by atoms with E-state index in [0.717, 1.165) is 57.9 Å². The molecule has 222 valence electrons. The van der Waals surface area contributed by atoms with Crippen molar-refractivity contribution >= 4 is 0 Å². The quantitative estimate of drug-likeness (QED) is 0.269. The maximum absolute atomic E-state index is 10.9. The van der Waals surface area contributed by atoms with Crippen LogP contribution in [0.1, 0.15) is 58.3 Å². The number of aliphatic hydroxyl groups excluding tert-OH is 5. The Morgan fingerprint density at radius 1 is 0.632 bits per heavy atom. The molecule has 5 N–H and O–H groups in total. The third-order valence-corrected chi connectivity index (χ3v) is 9.97. The zero-order valence-electron chi connectivity index (χ0n) is 23.5. The van der Waals surface area contributed by atoms with Gasteiger partial charge in [0.05, 0.1) is 43.2 Å². The molecule has 4 fully saturated rings. The summed E-state index contributed by atoms with van der Waals surface area (Å²) in [4.78, 5) is 4.27. The molecule has 0 aromatic carbocycles. The number of β-amino-alcohol motifs (C(OH)–C–C–N with tert-alkyl or cyclic N) is 1. The average Bonchev–Trinajstić information content (AvgIpc) is 2.93. The van der Waals surface area contributed by atoms with Crippen LogP contribution in [0.5, 0.6) is 0 Å². The molecule has 0 unspecified atom stereocenters. The van der Waals surface area contributed by atoms with Crippen LogP contribution in [0, 0.1) is 11.8 Å². The Bertz CT molecular complexity index is 702. The number of aliphatic hydroxyl groups is 5. The average molecular weight is 545 g/mol. The Labute approximate surface area is 227 Å². The summed E-state index contributed by atoms with van der Waals surface area (Å²) in [6.07, 6.45) is 2.93. The van der Waals surface area contributed by atoms with Crippen molar-refractivity contribution in [3.8, 4) is 0 Å². The van der Waals surface area contributed by atoms with Crippen LogP contribution in [0.2, 0.25) is 0 Å². The molecule has 0 radical (unpaired) electrons. The Kier molecular flexibility index (Phi) is 11.2. The largest absolute Gasteiger partial charge is 0.389 e. The van der Waals surface area contributed by atoms with Gasteiger partial charge in [-0.15, -0.1) is 0 Å². The van der Waals surface area contributed by atoms with Crippen LogP contribution in [0.3, 0.4) is 0 Å². The van der Waals surface area contributed by atoms with Crippen LogP contribution < -0.4 is 0 Å². The molecule has 2 heterocycles. The van der Waals surface area contributed by atoms with Crippen LogP contribution in [-0.2, 0) is 14.2 Å². The van der Waals surface area contributed by atoms with Gasteiger partial charge in [0, 0.05) is 46.4 Å². The second-order valence-corrected chi connectivity index (χ2v) is 12.4. The number of piperidine rings is 2. The number of nitrogens with zero attached hydrogens (tertiary/aromatic N) is 2. The van der Waals surface area contributed by atoms with E-state index in [2.05, 4.69) is 4.90 Å². The van der Waals surface area contributed by atoms with Crippen molar-refractivity contribution in [1.82, 2.24) is 9.80 Å². The molecule has 4 rings (SSSR count). The van der Waals surface area contributed by atoms with Gasteiger partial charge in [-0.05, 0) is 70.1 Å². The molecule has 0 spiro atoms. The van der Waals surface area contributed by atoms with Gasteiger partial charge in [0.1, 0.15) is 18.3 Å². The van der Waals surface area contributed by atoms with Crippen LogP contribution in [0.15, 0.2) is 0 Å². The summed E-state index contributed by atoms with van der Waals surface area (Å²) in [5, 5.41) is 53.4. The molecule has 0 bridgehead atoms. The highest BCUT2D eigenvalue weighted by molar-refractivity contribution is 4.98. The predicted molar refractivity (Wildman–Crippen MR) is 142 cm³/mol. The van der Waals surface area contributed by atoms with E-state index in [1.807, 2.05) is 11.8 Å². The van der Waals surface area contributed by atoms with E-state index in [-0.39, 0.29) is 19.2 Å². The molecule has 0 amide bonds. The second kappa shape index (κ2) is 14.0. The molecule has 0 aromatic heterocycles. The minimum absolute atomic E-state index is 0.105. The van der Waals surface area contributed by atoms with E-state index in [1.54, 1.807) is 14.2 Å². The number of ether oxygens (including phenoxy) is 3. The number of likely N-dealkylation sites (tertiary alicyclic amines) is 2. The fourth-order valence-electron chi connectivity index (χ4n) is 7.17. The lowest BCUT2D eigenvalue weighted by Gasteiger charge is -2.48. The van der Waals surface area contributed by atoms with E-state index < -0.39 is 42.7 Å². The summed E-state index contributed by atoms with van der Waals surface area (Å²) in [6, 6.07) is -0.684. The molecule has 10 nitrogen and oxygen atoms in total. The highest BCUT2D eigenvalue weighted by atomic mass is 16.5. The summed E-state index contributed by atoms with van der Waals surface area (Å²) < 4.78 is 17.2. The van der Waals surface area contributed by atoms with Gasteiger partial charge in [0.15, 0.2) is 0 Å². The number of hydrogen-bond acceptors (Lipinski definition) is 10. The lowest BCUT2D eigenvalue weighted by molar-refractivity contribution is -0.185. The first-order chi connectivity index (χ1) is 18.2. The maximum atomic E-state index is 10.9. The van der Waals surface area contributed by atoms with Crippen molar-refractivity contribution in [1.29, 1.82) is 0 Å². The fourth-order valence-corrected chi connectivity index (χ4v) is 7.17. The molecule has 0 aromatic rings. The number of methoxy groups -OCH3 is 2. The van der Waals surface area contributed by atoms with Gasteiger partial charge < -0.3 is 39.7 Å². The Hall–Kier alpha value is -0.400. The summed E-state index contributed by atoms with van der Waals surface area (Å²) >= 11 is 0. The van der Waals surface area contributed by atoms with Gasteiger partial charge in [-0.3, -0.25) is 9.80 Å². The molecule has 2 aliphatic carbocycles. The highest BCUT2D eigenvalue weighted by Gasteiger charge is 2.45. The number of rotatable bonds is 9. The van der Waals surface area contributed by atoms with Crippen LogP contribution in [0.25, 0.3) is 0 Å². The van der Waals surface area contributed by atoms with E-state index in [1.165, 1.54) is 0 Å². The van der Waals surface area contributed by atoms with E-state index in [0.29, 0.717) is 37.1 Å². The Morgan fingerprint density at radius 3 is 1.68 bits per heavy atom. The zero-order valence-corrected chi connectivity index (χ0v) is 23.5. The topological polar surface area (TPSA) is 135 Å². The first-order valence-electron chi connectivity index (χ1n) is 14.8. The first kappa shape index (κ1) is 30.6. The molecule has 4 aliphatic rings. The summed E-state index contributed by atoms with van der Waals surface area (Å²) in [6.45, 7) is 4.36. The molecular weight excluding hydrogens is 492 g/mol. The zero-order chi connectivity index (χ0) is 27.4. The third-order valence-electron chi connectivity index (χ3n) is 9.97. The van der Waals surface area contributed by atoms with Crippen molar-refractivity contribution in [2.75, 3.05) is 47.0 Å². The summed E-state index contributed by atoms with van der Waals surface area (Å²) in [5.41, 5.74) is 0. The van der Waals surface area contributed by atoms with E-state index >= 15 is 0 Å². The molecular formula is C28H52N2O8. The van der Waals surface area contributed by atoms with Crippen molar-refractivity contribution in [2.45, 2.75) is 119 Å². The summed E-state index contributed by atoms with van der Waals surface area (Å²) in [5.74, 6) is 0.942. The lowest BCUT2D eigenvalue weighted by atomic mass is 9.85. The monoisotopic (exact) mass is 544 g/mol. The number of hydrogen-bond donors (Lipinski definition) is 5. The molecule has 2 saturated carbocycles. The van der Waals surface area contributed by atoms with E-state index in [4.69, 9.17) is 14.2 Å². The van der Waals surface area contributed by atoms with Gasteiger partial charge in [-0.25, -0.2) is 0 Å². The van der Waals surface area contributed by atoms with Crippen LogP contribution in [-0.4, -0.2) is 143 Å². The van der Waals surface area contributed by atoms with Crippen molar-refractivity contribution in [3.05, 3.63) is 0 Å². The standard InChI is InChI=1S/C28H52N2O8/c1-17-25(32)28(35)24(15-29(17)12-18-4-8-20(36-2)9-5-18)38-16-22-26(33)27(34)23(31)14-30(22)13-19-6-10-21(37-3)11-7-19/h17-28,31-35H,4-16H2,1-3H3/t17-,18-,19-,20+,21-,22-,23+,24+,25-,26-,27-,28-/m1/s1. The third kappa shape index (κ3) is 7.26. The Morgan fingerprint density at radius 2 is 1.16 bits per heavy atom. The van der Waals surface area contributed by atoms with Crippen molar-refractivity contribution < 1.29 is 39.7 Å². The molecule has 8 atom stereocenters. The van der Waals surface area contributed by atoms with Gasteiger partial charge in [-0.1, -0.05) is 0 Å². The molecule has 10 heteroatoms. The maximum Gasteiger partial charge on any atom is 0.109 e. The second-order valence-electron chi connectivity index (χ2n) is 12.4. The highest BCUT2D eigenvalue weighted by Crippen LogP contribution is 2.32. The van der Waals surface area contributed by atoms with Crippen LogP contribution in [0.4, 0.5) is 0 Å². The van der Waals surface area contributed by atoms with E-state index in [9.17, 15) is 25.5 Å². The van der Waals surface area contributed by atoms with Gasteiger partial charge in [0.25, 0.3) is 0 Å². The van der Waals surface area contributed by atoms with Crippen molar-refractivity contribution in [2.24, 2.45) is 11.8 Å². The molecule has 38 heavy (non-hydrogen) atoms. The smallest absolute Gasteiger partial charge is 0.109 e. The fraction of sp³-hybridized carbons (Fsp3) is 1.00. The first-order valence-corrected chi connectivity index (χ1v) is 14.8. The predicted octanol–water partition coefficient (Wildman–Crippen LogP) is -0.0252. The van der Waals surface area contributed by atoms with Crippen molar-refractivity contribution in [3.63, 3.8) is 0 Å². The minimum atomic E-state index is -1.25. The van der Waals surface area contributed by atoms with Gasteiger partial charge in [0.2, 0.25) is 0 Å².